The highest BCUT2D eigenvalue weighted by Crippen LogP contribution is 2.17. The van der Waals surface area contributed by atoms with Crippen LogP contribution in [0.2, 0.25) is 5.15 Å². The molecule has 60 valence electrons. The highest BCUT2D eigenvalue weighted by Gasteiger charge is 1.99. The van der Waals surface area contributed by atoms with Crippen molar-refractivity contribution >= 4 is 17.3 Å². The maximum absolute atomic E-state index is 10.4. The van der Waals surface area contributed by atoms with Crippen LogP contribution < -0.4 is 5.23 Å². The van der Waals surface area contributed by atoms with Crippen LogP contribution >= 0.6 is 11.6 Å². The fourth-order valence-corrected chi connectivity index (χ4v) is 0.915. The third kappa shape index (κ3) is 1.80. The molecule has 0 spiro atoms. The van der Waals surface area contributed by atoms with Crippen LogP contribution in [-0.4, -0.2) is 10.2 Å². The molecule has 5 heteroatoms. The van der Waals surface area contributed by atoms with E-state index in [0.29, 0.717) is 10.8 Å². The van der Waals surface area contributed by atoms with E-state index < -0.39 is 0 Å². The molecule has 1 rings (SSSR count). The standard InChI is InChI=1S/C6H6ClN2O2/c1-4-5(9(10)11)2-3-6(7)8-4/h2-3,10H,1H3/q-1. The van der Waals surface area contributed by atoms with Gasteiger partial charge < -0.3 is 10.4 Å². The monoisotopic (exact) mass is 173 g/mol. The van der Waals surface area contributed by atoms with Gasteiger partial charge in [0.2, 0.25) is 0 Å². The summed E-state index contributed by atoms with van der Waals surface area (Å²) in [4.78, 5) is 3.76. The smallest absolute Gasteiger partial charge is 0.129 e. The first-order chi connectivity index (χ1) is 5.11. The van der Waals surface area contributed by atoms with Crippen molar-refractivity contribution in [3.8, 4) is 0 Å². The fourth-order valence-electron chi connectivity index (χ4n) is 0.725. The molecule has 0 aliphatic carbocycles. The molecule has 4 nitrogen and oxygen atoms in total. The largest absolute Gasteiger partial charge is 0.733 e. The zero-order valence-electron chi connectivity index (χ0n) is 5.78. The molecule has 0 radical (unpaired) electrons. The van der Waals surface area contributed by atoms with Gasteiger partial charge in [0.1, 0.15) is 5.15 Å². The lowest BCUT2D eigenvalue weighted by Crippen LogP contribution is -2.09. The van der Waals surface area contributed by atoms with Gasteiger partial charge in [0, 0.05) is 0 Å². The van der Waals surface area contributed by atoms with E-state index in [0.717, 1.165) is 0 Å². The summed E-state index contributed by atoms with van der Waals surface area (Å²) in [5, 5.41) is 18.9. The van der Waals surface area contributed by atoms with Gasteiger partial charge in [-0.25, -0.2) is 4.98 Å². The molecule has 0 unspecified atom stereocenters. The lowest BCUT2D eigenvalue weighted by Gasteiger charge is -2.22. The van der Waals surface area contributed by atoms with Crippen molar-refractivity contribution in [2.75, 3.05) is 5.23 Å². The maximum Gasteiger partial charge on any atom is 0.129 e. The third-order valence-electron chi connectivity index (χ3n) is 1.23. The van der Waals surface area contributed by atoms with Gasteiger partial charge in [0.05, 0.1) is 11.4 Å². The summed E-state index contributed by atoms with van der Waals surface area (Å²) in [6.07, 6.45) is 0. The maximum atomic E-state index is 10.4. The number of anilines is 1. The van der Waals surface area contributed by atoms with Gasteiger partial charge in [-0.1, -0.05) is 11.6 Å². The highest BCUT2D eigenvalue weighted by atomic mass is 35.5. The van der Waals surface area contributed by atoms with Crippen LogP contribution in [0.25, 0.3) is 0 Å². The van der Waals surface area contributed by atoms with E-state index in [1.807, 2.05) is 0 Å². The van der Waals surface area contributed by atoms with Crippen LogP contribution in [0.15, 0.2) is 12.1 Å². The zero-order chi connectivity index (χ0) is 8.43. The van der Waals surface area contributed by atoms with Crippen molar-refractivity contribution in [1.82, 2.24) is 4.98 Å². The molecule has 0 bridgehead atoms. The Kier molecular flexibility index (Phi) is 2.28. The minimum atomic E-state index is -0.237. The van der Waals surface area contributed by atoms with Crippen LogP contribution in [0.4, 0.5) is 5.69 Å². The molecule has 1 heterocycles. The molecule has 1 N–H and O–H groups in total. The lowest BCUT2D eigenvalue weighted by molar-refractivity contribution is 0.295. The number of halogens is 1. The number of hydrogen-bond acceptors (Lipinski definition) is 4. The number of aryl methyl sites for hydroxylation is 1. The fraction of sp³-hybridized carbons (Fsp3) is 0.167. The molecule has 0 saturated carbocycles. The zero-order valence-corrected chi connectivity index (χ0v) is 6.54. The topological polar surface area (TPSA) is 59.4 Å². The van der Waals surface area contributed by atoms with E-state index in [4.69, 9.17) is 16.8 Å². The third-order valence-corrected chi connectivity index (χ3v) is 1.44. The Morgan fingerprint density at radius 3 is 2.73 bits per heavy atom. The molecule has 0 fully saturated rings. The van der Waals surface area contributed by atoms with Crippen molar-refractivity contribution in [1.29, 1.82) is 0 Å². The van der Waals surface area contributed by atoms with Crippen molar-refractivity contribution in [3.05, 3.63) is 28.2 Å². The van der Waals surface area contributed by atoms with Crippen LogP contribution in [0, 0.1) is 12.1 Å². The van der Waals surface area contributed by atoms with Gasteiger partial charge in [-0.3, -0.25) is 5.21 Å². The van der Waals surface area contributed by atoms with Gasteiger partial charge in [-0.2, -0.15) is 0 Å². The van der Waals surface area contributed by atoms with Gasteiger partial charge in [0.15, 0.2) is 0 Å². The summed E-state index contributed by atoms with van der Waals surface area (Å²) in [6, 6.07) is 2.84. The van der Waals surface area contributed by atoms with Crippen LogP contribution in [0.5, 0.6) is 0 Å². The Hall–Kier alpha value is -0.840. The van der Waals surface area contributed by atoms with E-state index in [-0.39, 0.29) is 10.9 Å². The van der Waals surface area contributed by atoms with Crippen molar-refractivity contribution in [3.63, 3.8) is 0 Å². The number of hydrogen-bond donors (Lipinski definition) is 1. The number of pyridine rings is 1. The number of nitrogens with zero attached hydrogens (tertiary/aromatic N) is 2. The number of rotatable bonds is 1. The summed E-state index contributed by atoms with van der Waals surface area (Å²) in [6.45, 7) is 1.59. The van der Waals surface area contributed by atoms with Crippen molar-refractivity contribution in [2.24, 2.45) is 0 Å². The SMILES string of the molecule is Cc1nc(Cl)ccc1N([O-])O. The van der Waals surface area contributed by atoms with E-state index >= 15 is 0 Å². The summed E-state index contributed by atoms with van der Waals surface area (Å²) < 4.78 is 0. The Labute approximate surface area is 68.6 Å². The molecule has 0 amide bonds. The first kappa shape index (κ1) is 8.26. The number of aromatic nitrogens is 1. The molecular formula is C6H6ClN2O2-. The average Bonchev–Trinajstić information content (AvgIpc) is 1.85. The lowest BCUT2D eigenvalue weighted by atomic mass is 10.3. The van der Waals surface area contributed by atoms with E-state index in [2.05, 4.69) is 4.98 Å². The minimum absolute atomic E-state index is 0.106. The molecule has 0 aromatic carbocycles. The molecule has 1 aromatic rings. The predicted octanol–water partition coefficient (Wildman–Crippen LogP) is 1.74. The van der Waals surface area contributed by atoms with Gasteiger partial charge in [-0.05, 0) is 19.1 Å². The second-order valence-corrected chi connectivity index (χ2v) is 2.40. The normalized spacial score (nSPS) is 9.82. The molecule has 0 aliphatic rings. The summed E-state index contributed by atoms with van der Waals surface area (Å²) in [5.41, 5.74) is 0.504. The minimum Gasteiger partial charge on any atom is -0.733 e. The molecule has 0 aliphatic heterocycles. The van der Waals surface area contributed by atoms with E-state index in [1.54, 1.807) is 6.92 Å². The summed E-state index contributed by atoms with van der Waals surface area (Å²) in [5.74, 6) is 0. The van der Waals surface area contributed by atoms with Crippen LogP contribution in [0.1, 0.15) is 5.69 Å². The summed E-state index contributed by atoms with van der Waals surface area (Å²) in [7, 11) is 0. The Balaban J connectivity index is 3.09. The van der Waals surface area contributed by atoms with Crippen molar-refractivity contribution in [2.45, 2.75) is 6.92 Å². The Bertz CT molecular complexity index is 265. The average molecular weight is 174 g/mol. The first-order valence-corrected chi connectivity index (χ1v) is 3.28. The molecule has 1 aromatic heterocycles. The van der Waals surface area contributed by atoms with E-state index in [9.17, 15) is 5.21 Å². The van der Waals surface area contributed by atoms with E-state index in [1.165, 1.54) is 12.1 Å². The predicted molar refractivity (Wildman–Crippen MR) is 41.6 cm³/mol. The molecule has 0 atom stereocenters. The molecule has 11 heavy (non-hydrogen) atoms. The van der Waals surface area contributed by atoms with Gasteiger partial charge in [0.25, 0.3) is 0 Å². The summed E-state index contributed by atoms with van der Waals surface area (Å²) >= 11 is 5.51. The van der Waals surface area contributed by atoms with Gasteiger partial charge in [-0.15, -0.1) is 0 Å². The second kappa shape index (κ2) is 3.04. The Morgan fingerprint density at radius 1 is 1.64 bits per heavy atom. The van der Waals surface area contributed by atoms with Crippen LogP contribution in [-0.2, 0) is 0 Å². The first-order valence-electron chi connectivity index (χ1n) is 2.90. The Morgan fingerprint density at radius 2 is 2.27 bits per heavy atom. The second-order valence-electron chi connectivity index (χ2n) is 2.01. The quantitative estimate of drug-likeness (QED) is 0.519. The van der Waals surface area contributed by atoms with Gasteiger partial charge >= 0.3 is 0 Å². The molecule has 0 saturated heterocycles. The highest BCUT2D eigenvalue weighted by molar-refractivity contribution is 6.29. The van der Waals surface area contributed by atoms with Crippen LogP contribution in [0.3, 0.4) is 0 Å². The van der Waals surface area contributed by atoms with Crippen molar-refractivity contribution < 1.29 is 5.21 Å². The molecular weight excluding hydrogens is 168 g/mol.